The van der Waals surface area contributed by atoms with Crippen LogP contribution < -0.4 is 0 Å². The van der Waals surface area contributed by atoms with Crippen molar-refractivity contribution >= 4 is 35.5 Å². The molecule has 0 saturated carbocycles. The zero-order valence-corrected chi connectivity index (χ0v) is 19.9. The van der Waals surface area contributed by atoms with E-state index in [1.165, 1.54) is 28.6 Å². The molecular formula is C21H40N2O2S2. The lowest BCUT2D eigenvalue weighted by Crippen LogP contribution is -2.52. The molecule has 6 heteroatoms. The molecule has 0 radical (unpaired) electrons. The third-order valence-electron chi connectivity index (χ3n) is 5.08. The Kier molecular flexibility index (Phi) is 10.6. The third kappa shape index (κ3) is 10.1. The van der Waals surface area contributed by atoms with Gasteiger partial charge in [0.05, 0.1) is 0 Å². The molecule has 1 rings (SSSR count). The van der Waals surface area contributed by atoms with Gasteiger partial charge in [0.25, 0.3) is 0 Å². The molecule has 1 aliphatic heterocycles. The van der Waals surface area contributed by atoms with Crippen molar-refractivity contribution < 1.29 is 9.59 Å². The van der Waals surface area contributed by atoms with Crippen LogP contribution in [-0.4, -0.2) is 64.4 Å². The Morgan fingerprint density at radius 2 is 1.48 bits per heavy atom. The summed E-state index contributed by atoms with van der Waals surface area (Å²) in [6.45, 7) is 15.2. The standard InChI is InChI=1S/C21H40N2O2S2/c1-7-22-12-8-18(24)23(19(22)25)13-9-21(5,6)11-15-27-17-16-26-14-10-20(2,3)4/h7-17H2,1-6H3. The van der Waals surface area contributed by atoms with Crippen LogP contribution in [0.15, 0.2) is 0 Å². The molecule has 1 saturated heterocycles. The highest BCUT2D eigenvalue weighted by Crippen LogP contribution is 2.28. The minimum Gasteiger partial charge on any atom is -0.324 e. The molecule has 4 nitrogen and oxygen atoms in total. The molecule has 0 spiro atoms. The molecular weight excluding hydrogens is 376 g/mol. The molecule has 27 heavy (non-hydrogen) atoms. The largest absolute Gasteiger partial charge is 0.326 e. The van der Waals surface area contributed by atoms with E-state index in [1.54, 1.807) is 4.90 Å². The first-order chi connectivity index (χ1) is 12.6. The second kappa shape index (κ2) is 11.6. The van der Waals surface area contributed by atoms with Gasteiger partial charge < -0.3 is 4.90 Å². The molecule has 0 aliphatic carbocycles. The molecule has 158 valence electrons. The van der Waals surface area contributed by atoms with Crippen molar-refractivity contribution in [2.75, 3.05) is 42.6 Å². The zero-order chi connectivity index (χ0) is 20.5. The number of hydrogen-bond donors (Lipinski definition) is 0. The van der Waals surface area contributed by atoms with E-state index in [2.05, 4.69) is 46.4 Å². The summed E-state index contributed by atoms with van der Waals surface area (Å²) in [5, 5.41) is 0. The van der Waals surface area contributed by atoms with E-state index < -0.39 is 0 Å². The van der Waals surface area contributed by atoms with Crippen molar-refractivity contribution in [1.29, 1.82) is 0 Å². The summed E-state index contributed by atoms with van der Waals surface area (Å²) < 4.78 is 0. The summed E-state index contributed by atoms with van der Waals surface area (Å²) in [5.74, 6) is 4.82. The number of hydrogen-bond acceptors (Lipinski definition) is 4. The fourth-order valence-electron chi connectivity index (χ4n) is 2.84. The van der Waals surface area contributed by atoms with Crippen molar-refractivity contribution in [3.8, 4) is 0 Å². The van der Waals surface area contributed by atoms with E-state index in [0.717, 1.165) is 18.6 Å². The van der Waals surface area contributed by atoms with Crippen molar-refractivity contribution in [2.45, 2.75) is 67.2 Å². The molecule has 1 fully saturated rings. The summed E-state index contributed by atoms with van der Waals surface area (Å²) in [4.78, 5) is 27.7. The summed E-state index contributed by atoms with van der Waals surface area (Å²) >= 11 is 4.09. The quantitative estimate of drug-likeness (QED) is 0.401. The van der Waals surface area contributed by atoms with Crippen LogP contribution in [0.5, 0.6) is 0 Å². The maximum atomic E-state index is 12.4. The summed E-state index contributed by atoms with van der Waals surface area (Å²) in [6.07, 6.45) is 3.74. The molecule has 0 atom stereocenters. The first kappa shape index (κ1) is 24.7. The van der Waals surface area contributed by atoms with E-state index in [4.69, 9.17) is 0 Å². The molecule has 0 aromatic rings. The van der Waals surface area contributed by atoms with Crippen molar-refractivity contribution in [1.82, 2.24) is 9.80 Å². The molecule has 0 aromatic heterocycles. The molecule has 1 aliphatic rings. The molecule has 0 bridgehead atoms. The van der Waals surface area contributed by atoms with Crippen LogP contribution in [0, 0.1) is 10.8 Å². The van der Waals surface area contributed by atoms with Crippen LogP contribution in [0.2, 0.25) is 0 Å². The molecule has 3 amide bonds. The van der Waals surface area contributed by atoms with Gasteiger partial charge >= 0.3 is 6.03 Å². The van der Waals surface area contributed by atoms with Gasteiger partial charge in [-0.05, 0) is 48.5 Å². The molecule has 0 aromatic carbocycles. The topological polar surface area (TPSA) is 40.6 Å². The number of imide groups is 1. The number of urea groups is 1. The summed E-state index contributed by atoms with van der Waals surface area (Å²) in [7, 11) is 0. The Hall–Kier alpha value is -0.360. The number of carbonyl (C=O) groups excluding carboxylic acids is 2. The lowest BCUT2D eigenvalue weighted by atomic mass is 9.86. The van der Waals surface area contributed by atoms with Gasteiger partial charge in [0.1, 0.15) is 0 Å². The Morgan fingerprint density at radius 3 is 2.04 bits per heavy atom. The average molecular weight is 417 g/mol. The molecule has 0 N–H and O–H groups in total. The van der Waals surface area contributed by atoms with Gasteiger partial charge in [-0.1, -0.05) is 34.6 Å². The fourth-order valence-corrected chi connectivity index (χ4v) is 5.65. The van der Waals surface area contributed by atoms with Gasteiger partial charge in [-0.3, -0.25) is 9.69 Å². The number of nitrogens with zero attached hydrogens (tertiary/aromatic N) is 2. The van der Waals surface area contributed by atoms with Crippen LogP contribution in [0.3, 0.4) is 0 Å². The number of amides is 3. The second-order valence-electron chi connectivity index (χ2n) is 9.36. The van der Waals surface area contributed by atoms with E-state index in [9.17, 15) is 9.59 Å². The van der Waals surface area contributed by atoms with Crippen LogP contribution in [0.25, 0.3) is 0 Å². The van der Waals surface area contributed by atoms with Crippen LogP contribution in [0.1, 0.15) is 67.2 Å². The third-order valence-corrected chi connectivity index (χ3v) is 7.31. The van der Waals surface area contributed by atoms with Gasteiger partial charge in [0.2, 0.25) is 5.91 Å². The SMILES string of the molecule is CCN1CCC(=O)N(CCC(C)(C)CCSCCSCCC(C)(C)C)C1=O. The predicted octanol–water partition coefficient (Wildman–Crippen LogP) is 5.37. The van der Waals surface area contributed by atoms with Gasteiger partial charge in [-0.2, -0.15) is 23.5 Å². The smallest absolute Gasteiger partial charge is 0.324 e. The predicted molar refractivity (Wildman–Crippen MR) is 121 cm³/mol. The van der Waals surface area contributed by atoms with Crippen molar-refractivity contribution in [2.24, 2.45) is 10.8 Å². The van der Waals surface area contributed by atoms with E-state index in [-0.39, 0.29) is 17.4 Å². The van der Waals surface area contributed by atoms with E-state index in [1.807, 2.05) is 18.7 Å². The van der Waals surface area contributed by atoms with E-state index in [0.29, 0.717) is 31.5 Å². The Morgan fingerprint density at radius 1 is 0.889 bits per heavy atom. The Balaban J connectivity index is 2.20. The maximum absolute atomic E-state index is 12.4. The summed E-state index contributed by atoms with van der Waals surface area (Å²) in [5.41, 5.74) is 0.594. The highest BCUT2D eigenvalue weighted by molar-refractivity contribution is 8.02. The minimum absolute atomic E-state index is 0.0119. The fraction of sp³-hybridized carbons (Fsp3) is 0.905. The van der Waals surface area contributed by atoms with Crippen LogP contribution >= 0.6 is 23.5 Å². The van der Waals surface area contributed by atoms with Gasteiger partial charge in [-0.25, -0.2) is 4.79 Å². The zero-order valence-electron chi connectivity index (χ0n) is 18.3. The normalized spacial score (nSPS) is 16.4. The number of carbonyl (C=O) groups is 2. The Bertz CT molecular complexity index is 475. The average Bonchev–Trinajstić information content (AvgIpc) is 2.56. The maximum Gasteiger partial charge on any atom is 0.326 e. The molecule has 1 heterocycles. The Labute approximate surface area is 175 Å². The highest BCUT2D eigenvalue weighted by Gasteiger charge is 2.32. The lowest BCUT2D eigenvalue weighted by molar-refractivity contribution is -0.131. The van der Waals surface area contributed by atoms with Crippen LogP contribution in [0.4, 0.5) is 4.79 Å². The lowest BCUT2D eigenvalue weighted by Gasteiger charge is -2.35. The van der Waals surface area contributed by atoms with E-state index >= 15 is 0 Å². The molecule has 0 unspecified atom stereocenters. The highest BCUT2D eigenvalue weighted by atomic mass is 32.2. The van der Waals surface area contributed by atoms with Gasteiger partial charge in [0.15, 0.2) is 0 Å². The van der Waals surface area contributed by atoms with Gasteiger partial charge in [-0.15, -0.1) is 0 Å². The van der Waals surface area contributed by atoms with Crippen LogP contribution in [-0.2, 0) is 4.79 Å². The first-order valence-electron chi connectivity index (χ1n) is 10.3. The minimum atomic E-state index is -0.105. The van der Waals surface area contributed by atoms with Gasteiger partial charge in [0, 0.05) is 37.6 Å². The summed E-state index contributed by atoms with van der Waals surface area (Å²) in [6, 6.07) is -0.105. The first-order valence-corrected chi connectivity index (χ1v) is 12.6. The monoisotopic (exact) mass is 416 g/mol. The number of rotatable bonds is 12. The van der Waals surface area contributed by atoms with Crippen molar-refractivity contribution in [3.63, 3.8) is 0 Å². The van der Waals surface area contributed by atoms with Crippen molar-refractivity contribution in [3.05, 3.63) is 0 Å². The second-order valence-corrected chi connectivity index (χ2v) is 11.8. The number of thioether (sulfide) groups is 2.